The van der Waals surface area contributed by atoms with Crippen LogP contribution in [0, 0.1) is 0 Å². The third-order valence-electron chi connectivity index (χ3n) is 9.01. The topological polar surface area (TPSA) is 71.2 Å². The molecular formula is C38H60O7Si. The van der Waals surface area contributed by atoms with Gasteiger partial charge in [-0.3, -0.25) is 0 Å². The number of benzene rings is 2. The fraction of sp³-hybridized carbons (Fsp3) is 0.684. The molecule has 0 spiro atoms. The normalized spacial score (nSPS) is 17.7. The van der Waals surface area contributed by atoms with Crippen molar-refractivity contribution in [3.8, 4) is 11.5 Å². The maximum absolute atomic E-state index is 6.58. The molecular weight excluding hydrogens is 596 g/mol. The van der Waals surface area contributed by atoms with Crippen molar-refractivity contribution in [2.24, 2.45) is 0 Å². The lowest BCUT2D eigenvalue weighted by Gasteiger charge is -2.30. The van der Waals surface area contributed by atoms with Gasteiger partial charge >= 0.3 is 8.80 Å². The number of unbranched alkanes of at least 4 members (excludes halogenated alkanes) is 2. The number of aryl methyl sites for hydroxylation is 3. The average Bonchev–Trinajstić information content (AvgIpc) is 3.98. The molecule has 258 valence electrons. The van der Waals surface area contributed by atoms with Gasteiger partial charge in [0.05, 0.1) is 13.2 Å². The molecule has 2 fully saturated rings. The van der Waals surface area contributed by atoms with Gasteiger partial charge in [0, 0.05) is 31.3 Å². The van der Waals surface area contributed by atoms with E-state index in [1.807, 2.05) is 20.8 Å². The Morgan fingerprint density at radius 3 is 1.70 bits per heavy atom. The highest BCUT2D eigenvalue weighted by atomic mass is 28.4. The van der Waals surface area contributed by atoms with Crippen molar-refractivity contribution in [1.29, 1.82) is 0 Å². The van der Waals surface area contributed by atoms with Gasteiger partial charge in [0.15, 0.2) is 0 Å². The van der Waals surface area contributed by atoms with Gasteiger partial charge in [-0.25, -0.2) is 0 Å². The van der Waals surface area contributed by atoms with Gasteiger partial charge < -0.3 is 32.2 Å². The Kier molecular flexibility index (Phi) is 14.4. The van der Waals surface area contributed by atoms with Crippen LogP contribution in [0.15, 0.2) is 30.3 Å². The molecule has 2 aromatic rings. The molecule has 0 bridgehead atoms. The Balaban J connectivity index is 1.68. The quantitative estimate of drug-likeness (QED) is 0.0833. The Morgan fingerprint density at radius 1 is 0.674 bits per heavy atom. The fourth-order valence-corrected chi connectivity index (χ4v) is 8.67. The molecule has 8 heteroatoms. The van der Waals surface area contributed by atoms with Crippen LogP contribution in [0.1, 0.15) is 108 Å². The van der Waals surface area contributed by atoms with E-state index in [-0.39, 0.29) is 17.6 Å². The zero-order valence-electron chi connectivity index (χ0n) is 29.7. The SMILES string of the molecule is CCCCc1cc(C(C)(C)c2cc(CCCC)c(OCC3CO3)c(CCC[Si](OCC)(OCC)OCC)c2)ccc1OCC1CO1. The molecule has 7 nitrogen and oxygen atoms in total. The van der Waals surface area contributed by atoms with E-state index >= 15 is 0 Å². The molecule has 0 amide bonds. The predicted octanol–water partition coefficient (Wildman–Crippen LogP) is 8.23. The molecule has 2 heterocycles. The second-order valence-corrected chi connectivity index (χ2v) is 15.9. The van der Waals surface area contributed by atoms with E-state index in [9.17, 15) is 0 Å². The third-order valence-corrected chi connectivity index (χ3v) is 12.2. The molecule has 0 saturated carbocycles. The molecule has 2 atom stereocenters. The molecule has 0 aliphatic carbocycles. The zero-order chi connectivity index (χ0) is 33.0. The van der Waals surface area contributed by atoms with Crippen molar-refractivity contribution in [3.63, 3.8) is 0 Å². The van der Waals surface area contributed by atoms with Gasteiger partial charge in [-0.1, -0.05) is 64.8 Å². The summed E-state index contributed by atoms with van der Waals surface area (Å²) in [7, 11) is -2.74. The average molecular weight is 657 g/mol. The Hall–Kier alpha value is -1.94. The van der Waals surface area contributed by atoms with Crippen LogP contribution in [0.5, 0.6) is 11.5 Å². The molecule has 2 saturated heterocycles. The summed E-state index contributed by atoms with van der Waals surface area (Å²) in [6.45, 7) is 19.8. The third kappa shape index (κ3) is 10.5. The van der Waals surface area contributed by atoms with E-state index in [2.05, 4.69) is 58.0 Å². The van der Waals surface area contributed by atoms with Crippen LogP contribution < -0.4 is 9.47 Å². The fourth-order valence-electron chi connectivity index (χ4n) is 6.06. The van der Waals surface area contributed by atoms with Crippen LogP contribution in [0.3, 0.4) is 0 Å². The molecule has 0 aromatic heterocycles. The Morgan fingerprint density at radius 2 is 1.17 bits per heavy atom. The summed E-state index contributed by atoms with van der Waals surface area (Å²) < 4.78 is 42.3. The highest BCUT2D eigenvalue weighted by molar-refractivity contribution is 6.60. The summed E-state index contributed by atoms with van der Waals surface area (Å²) in [6.07, 6.45) is 8.74. The van der Waals surface area contributed by atoms with E-state index in [0.717, 1.165) is 82.1 Å². The molecule has 0 radical (unpaired) electrons. The lowest BCUT2D eigenvalue weighted by atomic mass is 9.75. The summed E-state index contributed by atoms with van der Waals surface area (Å²) in [6, 6.07) is 12.4. The van der Waals surface area contributed by atoms with Crippen LogP contribution in [0.2, 0.25) is 6.04 Å². The van der Waals surface area contributed by atoms with Crippen LogP contribution >= 0.6 is 0 Å². The minimum Gasteiger partial charge on any atom is -0.491 e. The first-order valence-corrected chi connectivity index (χ1v) is 19.9. The number of hydrogen-bond acceptors (Lipinski definition) is 7. The van der Waals surface area contributed by atoms with E-state index in [4.69, 9.17) is 32.2 Å². The second kappa shape index (κ2) is 18.0. The van der Waals surface area contributed by atoms with Crippen molar-refractivity contribution in [2.75, 3.05) is 46.2 Å². The number of hydrogen-bond donors (Lipinski definition) is 0. The first-order valence-electron chi connectivity index (χ1n) is 18.0. The minimum atomic E-state index is -2.74. The van der Waals surface area contributed by atoms with Crippen molar-refractivity contribution in [3.05, 3.63) is 58.1 Å². The highest BCUT2D eigenvalue weighted by Crippen LogP contribution is 2.40. The predicted molar refractivity (Wildman–Crippen MR) is 186 cm³/mol. The maximum atomic E-state index is 6.58. The van der Waals surface area contributed by atoms with E-state index in [0.29, 0.717) is 33.0 Å². The van der Waals surface area contributed by atoms with E-state index < -0.39 is 8.80 Å². The standard InChI is InChI=1S/C38H60O7Si/c1-8-13-16-29-22-32(19-20-36(29)41-27-34-25-39-34)38(6,7)33-23-30(17-14-9-2)37(42-28-35-26-40-35)31(24-33)18-15-21-46(43-10-3,44-11-4)45-12-5/h19-20,22-24,34-35H,8-18,21,25-28H2,1-7H3. The lowest BCUT2D eigenvalue weighted by Crippen LogP contribution is -2.46. The summed E-state index contributed by atoms with van der Waals surface area (Å²) in [5, 5.41) is 0. The van der Waals surface area contributed by atoms with Crippen LogP contribution in [-0.2, 0) is 47.4 Å². The van der Waals surface area contributed by atoms with Gasteiger partial charge in [0.25, 0.3) is 0 Å². The lowest BCUT2D eigenvalue weighted by molar-refractivity contribution is 0.0708. The van der Waals surface area contributed by atoms with Gasteiger partial charge in [-0.05, 0) is 93.2 Å². The van der Waals surface area contributed by atoms with Crippen LogP contribution in [0.4, 0.5) is 0 Å². The number of epoxide rings is 2. The molecule has 0 N–H and O–H groups in total. The van der Waals surface area contributed by atoms with Gasteiger partial charge in [0.1, 0.15) is 36.9 Å². The van der Waals surface area contributed by atoms with Gasteiger partial charge in [0.2, 0.25) is 0 Å². The largest absolute Gasteiger partial charge is 0.500 e. The molecule has 2 unspecified atom stereocenters. The van der Waals surface area contributed by atoms with Crippen molar-refractivity contribution >= 4 is 8.80 Å². The highest BCUT2D eigenvalue weighted by Gasteiger charge is 2.40. The maximum Gasteiger partial charge on any atom is 0.500 e. The molecule has 4 rings (SSSR count). The Labute approximate surface area is 280 Å². The molecule has 46 heavy (non-hydrogen) atoms. The summed E-state index contributed by atoms with van der Waals surface area (Å²) >= 11 is 0. The van der Waals surface area contributed by atoms with Crippen LogP contribution in [-0.4, -0.2) is 67.3 Å². The monoisotopic (exact) mass is 656 g/mol. The molecule has 2 aliphatic rings. The first kappa shape index (κ1) is 36.9. The summed E-state index contributed by atoms with van der Waals surface area (Å²) in [4.78, 5) is 0. The van der Waals surface area contributed by atoms with Gasteiger partial charge in [-0.15, -0.1) is 0 Å². The molecule has 2 aromatic carbocycles. The van der Waals surface area contributed by atoms with Crippen LogP contribution in [0.25, 0.3) is 0 Å². The van der Waals surface area contributed by atoms with Crippen molar-refractivity contribution in [1.82, 2.24) is 0 Å². The van der Waals surface area contributed by atoms with Gasteiger partial charge in [-0.2, -0.15) is 0 Å². The van der Waals surface area contributed by atoms with Crippen molar-refractivity contribution in [2.45, 2.75) is 123 Å². The summed E-state index contributed by atoms with van der Waals surface area (Å²) in [5.41, 5.74) is 6.23. The summed E-state index contributed by atoms with van der Waals surface area (Å²) in [5.74, 6) is 2.03. The smallest absolute Gasteiger partial charge is 0.491 e. The molecule has 2 aliphatic heterocycles. The first-order chi connectivity index (χ1) is 22.3. The number of rotatable bonds is 24. The van der Waals surface area contributed by atoms with E-state index in [1.165, 1.54) is 27.8 Å². The second-order valence-electron chi connectivity index (χ2n) is 13.1. The number of ether oxygens (including phenoxy) is 4. The zero-order valence-corrected chi connectivity index (χ0v) is 30.7. The minimum absolute atomic E-state index is 0.200. The van der Waals surface area contributed by atoms with E-state index in [1.54, 1.807) is 0 Å². The van der Waals surface area contributed by atoms with Crippen molar-refractivity contribution < 1.29 is 32.2 Å². The Bertz CT molecular complexity index is 1190.